The number of nitrogens with zero attached hydrogens (tertiary/aromatic N) is 7. The lowest BCUT2D eigenvalue weighted by atomic mass is 10.0. The molecule has 0 radical (unpaired) electrons. The van der Waals surface area contributed by atoms with Crippen LogP contribution in [0.3, 0.4) is 0 Å². The van der Waals surface area contributed by atoms with Crippen molar-refractivity contribution in [1.29, 1.82) is 0 Å². The first-order valence-corrected chi connectivity index (χ1v) is 13.2. The van der Waals surface area contributed by atoms with Crippen molar-refractivity contribution >= 4 is 28.3 Å². The van der Waals surface area contributed by atoms with Gasteiger partial charge in [-0.2, -0.15) is 10.1 Å². The molecule has 0 saturated carbocycles. The minimum absolute atomic E-state index is 0.0458. The largest absolute Gasteiger partial charge is 0.365 e. The standard InChI is InChI=1S/C27H34N8O2/c1-3-24(36)32-12-14-33(15-13-32)26-20-7-10-34(25-19(2)5-6-22-21(25)17-28-30-22)18-23(20)35(27(37)29-26)16-11-31-8-4-9-31/h3,5-6,17H,1,4,7-16,18H2,2H3,(H,28,30). The number of fused-ring (bicyclic) bond motifs is 2. The molecule has 2 saturated heterocycles. The SMILES string of the molecule is C=CC(=O)N1CCN(c2nc(=O)n(CCN3CCC3)c3c2CCN(c2c(C)ccc4[nH]ncc24)C3)CC1. The van der Waals surface area contributed by atoms with Gasteiger partial charge in [-0.05, 0) is 50.6 Å². The molecule has 6 rings (SSSR count). The van der Waals surface area contributed by atoms with Crippen molar-refractivity contribution in [3.05, 3.63) is 58.3 Å². The fourth-order valence-electron chi connectivity index (χ4n) is 5.90. The summed E-state index contributed by atoms with van der Waals surface area (Å²) in [6, 6.07) is 4.20. The van der Waals surface area contributed by atoms with E-state index in [2.05, 4.69) is 55.5 Å². The molecule has 5 heterocycles. The van der Waals surface area contributed by atoms with Crippen molar-refractivity contribution in [3.63, 3.8) is 0 Å². The molecule has 2 fully saturated rings. The molecule has 10 heteroatoms. The first-order chi connectivity index (χ1) is 18.0. The highest BCUT2D eigenvalue weighted by molar-refractivity contribution is 5.93. The number of aromatic nitrogens is 4. The van der Waals surface area contributed by atoms with E-state index in [0.717, 1.165) is 55.0 Å². The maximum Gasteiger partial charge on any atom is 0.349 e. The van der Waals surface area contributed by atoms with Crippen LogP contribution < -0.4 is 15.5 Å². The fourth-order valence-corrected chi connectivity index (χ4v) is 5.90. The Morgan fingerprint density at radius 3 is 2.62 bits per heavy atom. The van der Waals surface area contributed by atoms with Crippen LogP contribution in [0, 0.1) is 6.92 Å². The number of nitrogens with one attached hydrogen (secondary N) is 1. The number of likely N-dealkylation sites (tertiary alicyclic amines) is 1. The van der Waals surface area contributed by atoms with Gasteiger partial charge in [0, 0.05) is 62.5 Å². The second-order valence-corrected chi connectivity index (χ2v) is 10.2. The Morgan fingerprint density at radius 1 is 1.08 bits per heavy atom. The van der Waals surface area contributed by atoms with Crippen LogP contribution in [0.2, 0.25) is 0 Å². The second kappa shape index (κ2) is 9.66. The van der Waals surface area contributed by atoms with E-state index in [-0.39, 0.29) is 11.6 Å². The third-order valence-electron chi connectivity index (χ3n) is 8.12. The van der Waals surface area contributed by atoms with Crippen molar-refractivity contribution in [2.45, 2.75) is 32.9 Å². The first kappa shape index (κ1) is 23.7. The van der Waals surface area contributed by atoms with Crippen LogP contribution in [0.4, 0.5) is 11.5 Å². The number of hydrogen-bond donors (Lipinski definition) is 1. The minimum atomic E-state index is -0.182. The zero-order valence-electron chi connectivity index (χ0n) is 21.4. The summed E-state index contributed by atoms with van der Waals surface area (Å²) in [4.78, 5) is 38.9. The summed E-state index contributed by atoms with van der Waals surface area (Å²) in [5, 5.41) is 8.47. The van der Waals surface area contributed by atoms with E-state index < -0.39 is 0 Å². The molecule has 1 N–H and O–H groups in total. The highest BCUT2D eigenvalue weighted by atomic mass is 16.2. The van der Waals surface area contributed by atoms with Crippen LogP contribution >= 0.6 is 0 Å². The molecule has 2 aromatic heterocycles. The van der Waals surface area contributed by atoms with Gasteiger partial charge in [0.2, 0.25) is 5.91 Å². The van der Waals surface area contributed by atoms with E-state index in [1.807, 2.05) is 10.8 Å². The van der Waals surface area contributed by atoms with Gasteiger partial charge in [0.1, 0.15) is 5.82 Å². The predicted octanol–water partition coefficient (Wildman–Crippen LogP) is 1.53. The van der Waals surface area contributed by atoms with Crippen molar-refractivity contribution in [1.82, 2.24) is 29.5 Å². The van der Waals surface area contributed by atoms with Gasteiger partial charge in [-0.25, -0.2) is 4.79 Å². The van der Waals surface area contributed by atoms with Gasteiger partial charge >= 0.3 is 5.69 Å². The zero-order valence-corrected chi connectivity index (χ0v) is 21.4. The Labute approximate surface area is 216 Å². The van der Waals surface area contributed by atoms with Crippen LogP contribution in [-0.4, -0.2) is 87.8 Å². The van der Waals surface area contributed by atoms with Crippen LogP contribution in [-0.2, 0) is 24.3 Å². The average Bonchev–Trinajstić information content (AvgIpc) is 3.37. The molecule has 0 unspecified atom stereocenters. The molecule has 0 spiro atoms. The summed E-state index contributed by atoms with van der Waals surface area (Å²) >= 11 is 0. The van der Waals surface area contributed by atoms with Crippen LogP contribution in [0.1, 0.15) is 23.2 Å². The van der Waals surface area contributed by atoms with Crippen LogP contribution in [0.5, 0.6) is 0 Å². The molecular weight excluding hydrogens is 468 g/mol. The Morgan fingerprint density at radius 2 is 1.89 bits per heavy atom. The first-order valence-electron chi connectivity index (χ1n) is 13.2. The Kier molecular flexibility index (Phi) is 6.19. The summed E-state index contributed by atoms with van der Waals surface area (Å²) in [6.07, 6.45) is 5.30. The molecule has 3 aliphatic heterocycles. The highest BCUT2D eigenvalue weighted by Crippen LogP contribution is 2.35. The van der Waals surface area contributed by atoms with E-state index >= 15 is 0 Å². The zero-order chi connectivity index (χ0) is 25.5. The summed E-state index contributed by atoms with van der Waals surface area (Å²) < 4.78 is 1.91. The number of aromatic amines is 1. The third-order valence-corrected chi connectivity index (χ3v) is 8.12. The van der Waals surface area contributed by atoms with Gasteiger partial charge in [0.25, 0.3) is 0 Å². The van der Waals surface area contributed by atoms with Crippen molar-refractivity contribution < 1.29 is 4.79 Å². The van der Waals surface area contributed by atoms with Gasteiger partial charge in [-0.1, -0.05) is 12.6 Å². The Bertz CT molecular complexity index is 1400. The van der Waals surface area contributed by atoms with Crippen molar-refractivity contribution in [3.8, 4) is 0 Å². The lowest BCUT2D eigenvalue weighted by molar-refractivity contribution is -0.126. The van der Waals surface area contributed by atoms with Crippen molar-refractivity contribution in [2.24, 2.45) is 0 Å². The summed E-state index contributed by atoms with van der Waals surface area (Å²) in [5.41, 5.74) is 5.44. The molecular formula is C27H34N8O2. The minimum Gasteiger partial charge on any atom is -0.365 e. The smallest absolute Gasteiger partial charge is 0.349 e. The van der Waals surface area contributed by atoms with Crippen molar-refractivity contribution in [2.75, 3.05) is 62.2 Å². The molecule has 1 amide bonds. The number of aryl methyl sites for hydroxylation is 1. The number of carbonyl (C=O) groups excluding carboxylic acids is 1. The molecule has 0 aliphatic carbocycles. The number of anilines is 2. The number of hydrogen-bond acceptors (Lipinski definition) is 7. The monoisotopic (exact) mass is 502 g/mol. The third kappa shape index (κ3) is 4.29. The lowest BCUT2D eigenvalue weighted by Crippen LogP contribution is -2.50. The second-order valence-electron chi connectivity index (χ2n) is 10.2. The van der Waals surface area contributed by atoms with E-state index in [0.29, 0.717) is 39.3 Å². The van der Waals surface area contributed by atoms with Gasteiger partial charge in [0.15, 0.2) is 0 Å². The van der Waals surface area contributed by atoms with Gasteiger partial charge < -0.3 is 19.6 Å². The highest BCUT2D eigenvalue weighted by Gasteiger charge is 2.30. The van der Waals surface area contributed by atoms with Crippen LogP contribution in [0.25, 0.3) is 10.9 Å². The fraction of sp³-hybridized carbons (Fsp3) is 0.481. The molecule has 1 aromatic carbocycles. The predicted molar refractivity (Wildman–Crippen MR) is 144 cm³/mol. The number of carbonyl (C=O) groups is 1. The molecule has 3 aromatic rings. The number of benzene rings is 1. The normalized spacial score (nSPS) is 18.1. The Hall–Kier alpha value is -3.66. The molecule has 3 aliphatic rings. The molecule has 194 valence electrons. The van der Waals surface area contributed by atoms with E-state index in [1.165, 1.54) is 29.3 Å². The Balaban J connectivity index is 1.36. The number of amides is 1. The number of piperazine rings is 1. The summed E-state index contributed by atoms with van der Waals surface area (Å²) in [7, 11) is 0. The average molecular weight is 503 g/mol. The lowest BCUT2D eigenvalue weighted by Gasteiger charge is -2.39. The molecule has 37 heavy (non-hydrogen) atoms. The maximum atomic E-state index is 13.5. The van der Waals surface area contributed by atoms with E-state index in [4.69, 9.17) is 0 Å². The quantitative estimate of drug-likeness (QED) is 0.511. The maximum absolute atomic E-state index is 13.5. The van der Waals surface area contributed by atoms with Gasteiger partial charge in [-0.3, -0.25) is 14.5 Å². The molecule has 10 nitrogen and oxygen atoms in total. The number of rotatable bonds is 6. The number of H-pyrrole nitrogens is 1. The molecule has 0 atom stereocenters. The summed E-state index contributed by atoms with van der Waals surface area (Å²) in [5.74, 6) is 0.749. The van der Waals surface area contributed by atoms with E-state index in [1.54, 1.807) is 4.90 Å². The van der Waals surface area contributed by atoms with Gasteiger partial charge in [-0.15, -0.1) is 0 Å². The van der Waals surface area contributed by atoms with Gasteiger partial charge in [0.05, 0.1) is 23.9 Å². The van der Waals surface area contributed by atoms with E-state index in [9.17, 15) is 9.59 Å². The molecule has 0 bridgehead atoms. The van der Waals surface area contributed by atoms with Crippen LogP contribution in [0.15, 0.2) is 35.8 Å². The summed E-state index contributed by atoms with van der Waals surface area (Å²) in [6.45, 7) is 13.5. The topological polar surface area (TPSA) is 93.6 Å².